The van der Waals surface area contributed by atoms with Crippen LogP contribution in [0.1, 0.15) is 42.0 Å². The summed E-state index contributed by atoms with van der Waals surface area (Å²) in [5.41, 5.74) is 3.31. The van der Waals surface area contributed by atoms with Gasteiger partial charge < -0.3 is 15.1 Å². The van der Waals surface area contributed by atoms with E-state index in [9.17, 15) is 14.9 Å². The standard InChI is InChI=1S/C25H29N7O2/c1-16-19(13-26)23-28-22(20(34)14-30(5)17(2)33)29-32(23)24(21(16)18-9-7-6-8-10-18)31-12-11-25(3,15-31)27-4/h6-10,27H,11-12,14-15H2,1-5H3/t25-/m0/s1. The Balaban J connectivity index is 1.97. The van der Waals surface area contributed by atoms with Crippen molar-refractivity contribution in [3.8, 4) is 17.2 Å². The van der Waals surface area contributed by atoms with Crippen molar-refractivity contribution >= 4 is 23.2 Å². The second-order valence-electron chi connectivity index (χ2n) is 9.13. The quantitative estimate of drug-likeness (QED) is 0.564. The number of nitrogens with zero attached hydrogens (tertiary/aromatic N) is 6. The normalized spacial score (nSPS) is 17.7. The molecule has 0 saturated carbocycles. The van der Waals surface area contributed by atoms with Crippen LogP contribution in [0.2, 0.25) is 0 Å². The average Bonchev–Trinajstić information content (AvgIpc) is 3.43. The second-order valence-corrected chi connectivity index (χ2v) is 9.13. The predicted octanol–water partition coefficient (Wildman–Crippen LogP) is 2.43. The number of carbonyl (C=O) groups excluding carboxylic acids is 2. The van der Waals surface area contributed by atoms with Crippen LogP contribution in [0.15, 0.2) is 30.3 Å². The summed E-state index contributed by atoms with van der Waals surface area (Å²) in [6.45, 7) is 6.88. The van der Waals surface area contributed by atoms with Gasteiger partial charge in [-0.2, -0.15) is 9.78 Å². The van der Waals surface area contributed by atoms with Gasteiger partial charge in [-0.1, -0.05) is 30.3 Å². The van der Waals surface area contributed by atoms with Gasteiger partial charge >= 0.3 is 0 Å². The number of likely N-dealkylation sites (N-methyl/N-ethyl adjacent to an activating group) is 2. The Hall–Kier alpha value is -3.77. The van der Waals surface area contributed by atoms with E-state index < -0.39 is 0 Å². The molecule has 1 amide bonds. The fourth-order valence-electron chi connectivity index (χ4n) is 4.43. The zero-order valence-electron chi connectivity index (χ0n) is 20.2. The molecule has 1 aliphatic heterocycles. The predicted molar refractivity (Wildman–Crippen MR) is 130 cm³/mol. The number of nitrogens with one attached hydrogen (secondary N) is 1. The highest BCUT2D eigenvalue weighted by Gasteiger charge is 2.36. The van der Waals surface area contributed by atoms with E-state index in [0.29, 0.717) is 11.2 Å². The molecule has 0 spiro atoms. The van der Waals surface area contributed by atoms with E-state index in [1.54, 1.807) is 11.6 Å². The Bertz CT molecular complexity index is 1310. The summed E-state index contributed by atoms with van der Waals surface area (Å²) in [7, 11) is 3.52. The lowest BCUT2D eigenvalue weighted by Crippen LogP contribution is -2.42. The molecule has 3 heterocycles. The first-order chi connectivity index (χ1) is 16.2. The Morgan fingerprint density at radius 3 is 2.59 bits per heavy atom. The van der Waals surface area contributed by atoms with Gasteiger partial charge in [-0.15, -0.1) is 5.10 Å². The van der Waals surface area contributed by atoms with Crippen LogP contribution in [0.25, 0.3) is 16.8 Å². The number of hydrogen-bond donors (Lipinski definition) is 1. The number of rotatable bonds is 6. The van der Waals surface area contributed by atoms with Gasteiger partial charge in [0.15, 0.2) is 5.65 Å². The summed E-state index contributed by atoms with van der Waals surface area (Å²) in [5.74, 6) is 0.201. The van der Waals surface area contributed by atoms with E-state index in [1.165, 1.54) is 11.8 Å². The molecule has 1 saturated heterocycles. The summed E-state index contributed by atoms with van der Waals surface area (Å²) >= 11 is 0. The molecule has 0 aliphatic carbocycles. The monoisotopic (exact) mass is 459 g/mol. The number of anilines is 1. The molecule has 9 nitrogen and oxygen atoms in total. The third-order valence-corrected chi connectivity index (χ3v) is 6.72. The van der Waals surface area contributed by atoms with Crippen molar-refractivity contribution in [1.82, 2.24) is 24.8 Å². The van der Waals surface area contributed by atoms with Crippen molar-refractivity contribution in [2.75, 3.05) is 38.6 Å². The number of carbonyl (C=O) groups is 2. The van der Waals surface area contributed by atoms with Crippen molar-refractivity contribution in [3.05, 3.63) is 47.3 Å². The van der Waals surface area contributed by atoms with Crippen molar-refractivity contribution in [3.63, 3.8) is 0 Å². The molecule has 1 atom stereocenters. The minimum absolute atomic E-state index is 0.00830. The minimum atomic E-state index is -0.378. The SMILES string of the molecule is CN[C@@]1(C)CCN(c2c(-c3ccccc3)c(C)c(C#N)c3nc(C(=O)CN(C)C(C)=O)nn23)C1. The highest BCUT2D eigenvalue weighted by Crippen LogP contribution is 2.39. The third-order valence-electron chi connectivity index (χ3n) is 6.72. The lowest BCUT2D eigenvalue weighted by Gasteiger charge is -2.27. The van der Waals surface area contributed by atoms with Gasteiger partial charge in [-0.3, -0.25) is 9.59 Å². The van der Waals surface area contributed by atoms with E-state index in [4.69, 9.17) is 0 Å². The maximum absolute atomic E-state index is 12.9. The number of pyridine rings is 1. The summed E-state index contributed by atoms with van der Waals surface area (Å²) in [5, 5.41) is 18.0. The van der Waals surface area contributed by atoms with Gasteiger partial charge in [0.25, 0.3) is 0 Å². The number of ketones is 1. The minimum Gasteiger partial charge on any atom is -0.354 e. The lowest BCUT2D eigenvalue weighted by atomic mass is 9.97. The molecule has 1 aliphatic rings. The first-order valence-corrected chi connectivity index (χ1v) is 11.3. The molecule has 1 aromatic carbocycles. The molecule has 0 radical (unpaired) electrons. The van der Waals surface area contributed by atoms with E-state index in [2.05, 4.69) is 33.3 Å². The van der Waals surface area contributed by atoms with Crippen LogP contribution >= 0.6 is 0 Å². The molecule has 0 unspecified atom stereocenters. The Labute approximate surface area is 199 Å². The van der Waals surface area contributed by atoms with Crippen LogP contribution in [0.5, 0.6) is 0 Å². The number of benzene rings is 1. The van der Waals surface area contributed by atoms with Crippen molar-refractivity contribution in [2.45, 2.75) is 32.7 Å². The largest absolute Gasteiger partial charge is 0.354 e. The smallest absolute Gasteiger partial charge is 0.221 e. The van der Waals surface area contributed by atoms with Crippen molar-refractivity contribution < 1.29 is 9.59 Å². The molecule has 1 fully saturated rings. The summed E-state index contributed by atoms with van der Waals surface area (Å²) in [6, 6.07) is 12.2. The van der Waals surface area contributed by atoms with E-state index >= 15 is 0 Å². The Morgan fingerprint density at radius 2 is 2.00 bits per heavy atom. The topological polar surface area (TPSA) is 107 Å². The van der Waals surface area contributed by atoms with E-state index in [1.807, 2.05) is 44.3 Å². The van der Waals surface area contributed by atoms with Gasteiger partial charge in [-0.25, -0.2) is 4.98 Å². The van der Waals surface area contributed by atoms with Crippen LogP contribution < -0.4 is 10.2 Å². The van der Waals surface area contributed by atoms with Gasteiger partial charge in [0.1, 0.15) is 17.5 Å². The van der Waals surface area contributed by atoms with Crippen LogP contribution in [0.3, 0.4) is 0 Å². The molecule has 176 valence electrons. The molecule has 34 heavy (non-hydrogen) atoms. The molecule has 9 heteroatoms. The maximum Gasteiger partial charge on any atom is 0.221 e. The number of nitriles is 1. The molecular weight excluding hydrogens is 430 g/mol. The Kier molecular flexibility index (Phi) is 6.11. The Morgan fingerprint density at radius 1 is 1.29 bits per heavy atom. The van der Waals surface area contributed by atoms with E-state index in [0.717, 1.165) is 42.0 Å². The lowest BCUT2D eigenvalue weighted by molar-refractivity contribution is -0.127. The number of fused-ring (bicyclic) bond motifs is 1. The maximum atomic E-state index is 12.9. The highest BCUT2D eigenvalue weighted by molar-refractivity contribution is 5.97. The molecular formula is C25H29N7O2. The molecule has 1 N–H and O–H groups in total. The first-order valence-electron chi connectivity index (χ1n) is 11.3. The van der Waals surface area contributed by atoms with Crippen LogP contribution in [-0.4, -0.2) is 70.5 Å². The van der Waals surface area contributed by atoms with Gasteiger partial charge in [0, 0.05) is 38.2 Å². The summed E-state index contributed by atoms with van der Waals surface area (Å²) < 4.78 is 1.64. The first kappa shape index (κ1) is 23.4. The molecule has 3 aromatic rings. The summed E-state index contributed by atoms with van der Waals surface area (Å²) in [6.07, 6.45) is 0.933. The number of Topliss-reactive ketones (excluding diaryl/α,β-unsaturated/α-hetero) is 1. The van der Waals surface area contributed by atoms with Gasteiger partial charge in [-0.05, 0) is 38.4 Å². The molecule has 4 rings (SSSR count). The van der Waals surface area contributed by atoms with Crippen LogP contribution in [0, 0.1) is 18.3 Å². The number of hydrogen-bond acceptors (Lipinski definition) is 7. The second kappa shape index (κ2) is 8.88. The van der Waals surface area contributed by atoms with Crippen molar-refractivity contribution in [1.29, 1.82) is 5.26 Å². The fraction of sp³-hybridized carbons (Fsp3) is 0.400. The van der Waals surface area contributed by atoms with Gasteiger partial charge in [0.2, 0.25) is 17.5 Å². The summed E-state index contributed by atoms with van der Waals surface area (Å²) in [4.78, 5) is 32.6. The van der Waals surface area contributed by atoms with Gasteiger partial charge in [0.05, 0.1) is 6.54 Å². The fourth-order valence-corrected chi connectivity index (χ4v) is 4.43. The molecule has 0 bridgehead atoms. The molecule has 2 aromatic heterocycles. The van der Waals surface area contributed by atoms with Crippen LogP contribution in [0.4, 0.5) is 5.82 Å². The highest BCUT2D eigenvalue weighted by atomic mass is 16.2. The number of aromatic nitrogens is 3. The van der Waals surface area contributed by atoms with Crippen LogP contribution in [-0.2, 0) is 4.79 Å². The number of amides is 1. The van der Waals surface area contributed by atoms with E-state index in [-0.39, 0.29) is 29.6 Å². The average molecular weight is 460 g/mol. The zero-order valence-corrected chi connectivity index (χ0v) is 20.2. The van der Waals surface area contributed by atoms with Crippen molar-refractivity contribution in [2.24, 2.45) is 0 Å². The third kappa shape index (κ3) is 4.01. The zero-order chi connectivity index (χ0) is 24.6.